The van der Waals surface area contributed by atoms with Gasteiger partial charge in [-0.1, -0.05) is 20.8 Å². The summed E-state index contributed by atoms with van der Waals surface area (Å²) in [6.07, 6.45) is 2.49. The van der Waals surface area contributed by atoms with Crippen LogP contribution in [0.4, 0.5) is 0 Å². The quantitative estimate of drug-likeness (QED) is 0.801. The summed E-state index contributed by atoms with van der Waals surface area (Å²) in [7, 11) is 0. The molecule has 1 unspecified atom stereocenters. The van der Waals surface area contributed by atoms with Crippen molar-refractivity contribution in [3.05, 3.63) is 23.5 Å². The average molecular weight is 237 g/mol. The SMILES string of the molecule is CCC(C(C)C)n1cc(C(C)=O)cc1C(=O)O. The number of ketones is 1. The van der Waals surface area contributed by atoms with Crippen LogP contribution in [0.3, 0.4) is 0 Å². The van der Waals surface area contributed by atoms with Gasteiger partial charge in [0.25, 0.3) is 0 Å². The maximum atomic E-state index is 11.3. The van der Waals surface area contributed by atoms with Crippen molar-refractivity contribution >= 4 is 11.8 Å². The fourth-order valence-electron chi connectivity index (χ4n) is 2.11. The number of carbonyl (C=O) groups is 2. The lowest BCUT2D eigenvalue weighted by Gasteiger charge is -2.22. The summed E-state index contributed by atoms with van der Waals surface area (Å²) in [4.78, 5) is 22.5. The highest BCUT2D eigenvalue weighted by Crippen LogP contribution is 2.25. The molecule has 1 N–H and O–H groups in total. The second-order valence-corrected chi connectivity index (χ2v) is 4.60. The first kappa shape index (κ1) is 13.5. The summed E-state index contributed by atoms with van der Waals surface area (Å²) >= 11 is 0. The molecule has 1 aromatic heterocycles. The molecule has 0 radical (unpaired) electrons. The molecule has 4 heteroatoms. The van der Waals surface area contributed by atoms with E-state index in [-0.39, 0.29) is 17.5 Å². The van der Waals surface area contributed by atoms with Gasteiger partial charge in [-0.05, 0) is 25.3 Å². The molecule has 1 heterocycles. The van der Waals surface area contributed by atoms with Crippen LogP contribution in [0.5, 0.6) is 0 Å². The molecule has 0 amide bonds. The number of carboxylic acid groups (broad SMARTS) is 1. The Kier molecular flexibility index (Phi) is 4.10. The highest BCUT2D eigenvalue weighted by molar-refractivity contribution is 5.97. The fraction of sp³-hybridized carbons (Fsp3) is 0.538. The highest BCUT2D eigenvalue weighted by Gasteiger charge is 2.21. The normalized spacial score (nSPS) is 12.8. The van der Waals surface area contributed by atoms with Crippen LogP contribution >= 0.6 is 0 Å². The van der Waals surface area contributed by atoms with E-state index in [2.05, 4.69) is 0 Å². The molecule has 1 atom stereocenters. The Bertz CT molecular complexity index is 432. The number of nitrogens with zero attached hydrogens (tertiary/aromatic N) is 1. The van der Waals surface area contributed by atoms with Crippen LogP contribution in [-0.4, -0.2) is 21.4 Å². The number of rotatable bonds is 5. The third-order valence-corrected chi connectivity index (χ3v) is 3.02. The number of hydrogen-bond acceptors (Lipinski definition) is 2. The van der Waals surface area contributed by atoms with E-state index in [1.807, 2.05) is 20.8 Å². The number of hydrogen-bond donors (Lipinski definition) is 1. The van der Waals surface area contributed by atoms with Crippen molar-refractivity contribution in [1.82, 2.24) is 4.57 Å². The van der Waals surface area contributed by atoms with Crippen LogP contribution in [0.15, 0.2) is 12.3 Å². The van der Waals surface area contributed by atoms with Crippen LogP contribution < -0.4 is 0 Å². The summed E-state index contributed by atoms with van der Waals surface area (Å²) in [5, 5.41) is 9.15. The maximum absolute atomic E-state index is 11.3. The van der Waals surface area contributed by atoms with Crippen molar-refractivity contribution in [3.63, 3.8) is 0 Å². The van der Waals surface area contributed by atoms with E-state index in [1.54, 1.807) is 10.8 Å². The number of Topliss-reactive ketones (excluding diaryl/α,β-unsaturated/α-hetero) is 1. The topological polar surface area (TPSA) is 59.3 Å². The van der Waals surface area contributed by atoms with E-state index in [0.29, 0.717) is 11.5 Å². The van der Waals surface area contributed by atoms with Gasteiger partial charge in [0.15, 0.2) is 5.78 Å². The van der Waals surface area contributed by atoms with Crippen LogP contribution in [0.2, 0.25) is 0 Å². The zero-order valence-corrected chi connectivity index (χ0v) is 10.7. The summed E-state index contributed by atoms with van der Waals surface area (Å²) < 4.78 is 1.71. The lowest BCUT2D eigenvalue weighted by Crippen LogP contribution is -2.18. The van der Waals surface area contributed by atoms with Gasteiger partial charge in [0, 0.05) is 17.8 Å². The van der Waals surface area contributed by atoms with Gasteiger partial charge in [-0.2, -0.15) is 0 Å². The molecule has 0 saturated heterocycles. The van der Waals surface area contributed by atoms with Crippen LogP contribution in [0.1, 0.15) is 61.0 Å². The molecular weight excluding hydrogens is 218 g/mol. The summed E-state index contributed by atoms with van der Waals surface area (Å²) in [6.45, 7) is 7.56. The molecule has 0 spiro atoms. The van der Waals surface area contributed by atoms with E-state index in [0.717, 1.165) is 6.42 Å². The standard InChI is InChI=1S/C13H19NO3/c1-5-11(8(2)3)14-7-10(9(4)15)6-12(14)13(16)17/h6-8,11H,5H2,1-4H3,(H,16,17). The van der Waals surface area contributed by atoms with Crippen molar-refractivity contribution in [3.8, 4) is 0 Å². The Morgan fingerprint density at radius 3 is 2.35 bits per heavy atom. The second-order valence-electron chi connectivity index (χ2n) is 4.60. The van der Waals surface area contributed by atoms with E-state index in [1.165, 1.54) is 13.0 Å². The Morgan fingerprint density at radius 2 is 2.00 bits per heavy atom. The van der Waals surface area contributed by atoms with Crippen molar-refractivity contribution in [2.45, 2.75) is 40.2 Å². The summed E-state index contributed by atoms with van der Waals surface area (Å²) in [5.41, 5.74) is 0.650. The lowest BCUT2D eigenvalue weighted by atomic mass is 10.0. The first-order valence-corrected chi connectivity index (χ1v) is 5.84. The Balaban J connectivity index is 3.29. The van der Waals surface area contributed by atoms with Gasteiger partial charge in [-0.25, -0.2) is 4.79 Å². The minimum absolute atomic E-state index is 0.106. The predicted molar refractivity (Wildman–Crippen MR) is 65.6 cm³/mol. The minimum atomic E-state index is -0.989. The molecule has 94 valence electrons. The molecule has 0 aliphatic rings. The molecular formula is C13H19NO3. The summed E-state index contributed by atoms with van der Waals surface area (Å²) in [5.74, 6) is -0.772. The Labute approximate surface area is 101 Å². The first-order chi connectivity index (χ1) is 7.88. The predicted octanol–water partition coefficient (Wildman–Crippen LogP) is 3.00. The van der Waals surface area contributed by atoms with Crippen LogP contribution in [-0.2, 0) is 0 Å². The Morgan fingerprint density at radius 1 is 1.41 bits per heavy atom. The maximum Gasteiger partial charge on any atom is 0.352 e. The molecule has 17 heavy (non-hydrogen) atoms. The number of aromatic carboxylic acids is 1. The largest absolute Gasteiger partial charge is 0.477 e. The van der Waals surface area contributed by atoms with Crippen LogP contribution in [0.25, 0.3) is 0 Å². The number of aromatic nitrogens is 1. The molecule has 4 nitrogen and oxygen atoms in total. The number of carbonyl (C=O) groups excluding carboxylic acids is 1. The van der Waals surface area contributed by atoms with Crippen molar-refractivity contribution < 1.29 is 14.7 Å². The third-order valence-electron chi connectivity index (χ3n) is 3.02. The molecule has 1 aromatic rings. The Hall–Kier alpha value is -1.58. The summed E-state index contributed by atoms with van der Waals surface area (Å²) in [6, 6.07) is 1.56. The monoisotopic (exact) mass is 237 g/mol. The van der Waals surface area contributed by atoms with Gasteiger partial charge in [0.05, 0.1) is 0 Å². The third kappa shape index (κ3) is 2.75. The van der Waals surface area contributed by atoms with Gasteiger partial charge in [0.2, 0.25) is 0 Å². The lowest BCUT2D eigenvalue weighted by molar-refractivity contribution is 0.0680. The molecule has 0 aromatic carbocycles. The average Bonchev–Trinajstić information content (AvgIpc) is 2.63. The zero-order valence-electron chi connectivity index (χ0n) is 10.7. The number of carboxylic acids is 1. The van der Waals surface area contributed by atoms with E-state index < -0.39 is 5.97 Å². The van der Waals surface area contributed by atoms with Crippen LogP contribution in [0, 0.1) is 5.92 Å². The van der Waals surface area contributed by atoms with Gasteiger partial charge < -0.3 is 9.67 Å². The highest BCUT2D eigenvalue weighted by atomic mass is 16.4. The van der Waals surface area contributed by atoms with Crippen molar-refractivity contribution in [1.29, 1.82) is 0 Å². The van der Waals surface area contributed by atoms with Gasteiger partial charge in [-0.3, -0.25) is 4.79 Å². The molecule has 0 fully saturated rings. The van der Waals surface area contributed by atoms with E-state index in [9.17, 15) is 9.59 Å². The molecule has 0 aliphatic carbocycles. The van der Waals surface area contributed by atoms with E-state index in [4.69, 9.17) is 5.11 Å². The van der Waals surface area contributed by atoms with Crippen molar-refractivity contribution in [2.24, 2.45) is 5.92 Å². The first-order valence-electron chi connectivity index (χ1n) is 5.84. The second kappa shape index (κ2) is 5.17. The van der Waals surface area contributed by atoms with Gasteiger partial charge in [-0.15, -0.1) is 0 Å². The molecule has 1 rings (SSSR count). The van der Waals surface area contributed by atoms with Gasteiger partial charge >= 0.3 is 5.97 Å². The minimum Gasteiger partial charge on any atom is -0.477 e. The van der Waals surface area contributed by atoms with Gasteiger partial charge in [0.1, 0.15) is 5.69 Å². The molecule has 0 saturated carbocycles. The fourth-order valence-corrected chi connectivity index (χ4v) is 2.11. The zero-order chi connectivity index (χ0) is 13.2. The molecule has 0 bridgehead atoms. The van der Waals surface area contributed by atoms with E-state index >= 15 is 0 Å². The molecule has 0 aliphatic heterocycles. The van der Waals surface area contributed by atoms with Crippen molar-refractivity contribution in [2.75, 3.05) is 0 Å². The smallest absolute Gasteiger partial charge is 0.352 e.